The SMILES string of the molecule is CCC[C@@H]1C[C@H](O)CN1CCC. The van der Waals surface area contributed by atoms with E-state index in [4.69, 9.17) is 0 Å². The molecule has 0 aliphatic carbocycles. The van der Waals surface area contributed by atoms with E-state index in [1.807, 2.05) is 0 Å². The van der Waals surface area contributed by atoms with Crippen LogP contribution in [0.15, 0.2) is 0 Å². The molecule has 1 N–H and O–H groups in total. The number of likely N-dealkylation sites (tertiary alicyclic amines) is 1. The van der Waals surface area contributed by atoms with Crippen molar-refractivity contribution in [3.8, 4) is 0 Å². The Morgan fingerprint density at radius 2 is 2.08 bits per heavy atom. The van der Waals surface area contributed by atoms with Gasteiger partial charge in [-0.05, 0) is 25.8 Å². The summed E-state index contributed by atoms with van der Waals surface area (Å²) in [5.41, 5.74) is 0. The molecule has 2 nitrogen and oxygen atoms in total. The number of aliphatic hydroxyl groups excluding tert-OH is 1. The number of hydrogen-bond donors (Lipinski definition) is 1. The number of rotatable bonds is 4. The summed E-state index contributed by atoms with van der Waals surface area (Å²) in [7, 11) is 0. The van der Waals surface area contributed by atoms with Crippen LogP contribution >= 0.6 is 0 Å². The van der Waals surface area contributed by atoms with Crippen LogP contribution in [0.2, 0.25) is 0 Å². The van der Waals surface area contributed by atoms with E-state index < -0.39 is 0 Å². The van der Waals surface area contributed by atoms with Gasteiger partial charge in [-0.3, -0.25) is 4.90 Å². The molecule has 72 valence electrons. The third-order valence-electron chi connectivity index (χ3n) is 2.64. The fourth-order valence-corrected chi connectivity index (χ4v) is 2.15. The summed E-state index contributed by atoms with van der Waals surface area (Å²) in [5, 5.41) is 9.48. The van der Waals surface area contributed by atoms with E-state index in [9.17, 15) is 5.11 Å². The average Bonchev–Trinajstić information content (AvgIpc) is 2.33. The van der Waals surface area contributed by atoms with Crippen LogP contribution in [0, 0.1) is 0 Å². The standard InChI is InChI=1S/C10H21NO/c1-3-5-9-7-10(12)8-11(9)6-4-2/h9-10,12H,3-8H2,1-2H3/t9-,10+/m1/s1. The zero-order valence-electron chi connectivity index (χ0n) is 8.29. The summed E-state index contributed by atoms with van der Waals surface area (Å²) in [6.07, 6.45) is 4.61. The molecule has 1 aliphatic rings. The van der Waals surface area contributed by atoms with E-state index in [1.54, 1.807) is 0 Å². The highest BCUT2D eigenvalue weighted by Gasteiger charge is 2.28. The third kappa shape index (κ3) is 2.46. The minimum atomic E-state index is -0.0619. The molecular weight excluding hydrogens is 150 g/mol. The Labute approximate surface area is 75.6 Å². The van der Waals surface area contributed by atoms with Crippen LogP contribution in [0.3, 0.4) is 0 Å². The smallest absolute Gasteiger partial charge is 0.0682 e. The number of β-amino-alcohol motifs (C(OH)–C–C–N with tert-alkyl or cyclic N) is 1. The largest absolute Gasteiger partial charge is 0.392 e. The van der Waals surface area contributed by atoms with E-state index in [0.29, 0.717) is 6.04 Å². The van der Waals surface area contributed by atoms with E-state index in [1.165, 1.54) is 19.3 Å². The van der Waals surface area contributed by atoms with E-state index in [-0.39, 0.29) is 6.10 Å². The molecule has 1 fully saturated rings. The van der Waals surface area contributed by atoms with Gasteiger partial charge in [0, 0.05) is 12.6 Å². The second kappa shape index (κ2) is 4.83. The lowest BCUT2D eigenvalue weighted by Gasteiger charge is -2.22. The fourth-order valence-electron chi connectivity index (χ4n) is 2.15. The maximum atomic E-state index is 9.48. The molecule has 0 amide bonds. The lowest BCUT2D eigenvalue weighted by atomic mass is 10.1. The van der Waals surface area contributed by atoms with Crippen molar-refractivity contribution in [1.29, 1.82) is 0 Å². The number of hydrogen-bond acceptors (Lipinski definition) is 2. The van der Waals surface area contributed by atoms with Gasteiger partial charge in [0.05, 0.1) is 6.10 Å². The minimum Gasteiger partial charge on any atom is -0.392 e. The van der Waals surface area contributed by atoms with Crippen molar-refractivity contribution in [2.24, 2.45) is 0 Å². The maximum absolute atomic E-state index is 9.48. The molecular formula is C10H21NO. The van der Waals surface area contributed by atoms with E-state index >= 15 is 0 Å². The van der Waals surface area contributed by atoms with Crippen molar-refractivity contribution < 1.29 is 5.11 Å². The monoisotopic (exact) mass is 171 g/mol. The summed E-state index contributed by atoms with van der Waals surface area (Å²) in [6.45, 7) is 6.47. The average molecular weight is 171 g/mol. The zero-order chi connectivity index (χ0) is 8.97. The first-order valence-corrected chi connectivity index (χ1v) is 5.20. The Bertz CT molecular complexity index is 113. The second-order valence-electron chi connectivity index (χ2n) is 3.83. The predicted octanol–water partition coefficient (Wildman–Crippen LogP) is 1.63. The molecule has 1 heterocycles. The highest BCUT2D eigenvalue weighted by Crippen LogP contribution is 2.21. The van der Waals surface area contributed by atoms with E-state index in [2.05, 4.69) is 18.7 Å². The van der Waals surface area contributed by atoms with Gasteiger partial charge in [0.1, 0.15) is 0 Å². The Morgan fingerprint density at radius 3 is 2.67 bits per heavy atom. The second-order valence-corrected chi connectivity index (χ2v) is 3.83. The van der Waals surface area contributed by atoms with Crippen molar-refractivity contribution in [3.05, 3.63) is 0 Å². The highest BCUT2D eigenvalue weighted by atomic mass is 16.3. The summed E-state index contributed by atoms with van der Waals surface area (Å²) >= 11 is 0. The van der Waals surface area contributed by atoms with Gasteiger partial charge in [0.25, 0.3) is 0 Å². The quantitative estimate of drug-likeness (QED) is 0.695. The van der Waals surface area contributed by atoms with Gasteiger partial charge in [0.2, 0.25) is 0 Å². The third-order valence-corrected chi connectivity index (χ3v) is 2.64. The molecule has 12 heavy (non-hydrogen) atoms. The zero-order valence-corrected chi connectivity index (χ0v) is 8.29. The highest BCUT2D eigenvalue weighted by molar-refractivity contribution is 4.84. The summed E-state index contributed by atoms with van der Waals surface area (Å²) in [5.74, 6) is 0. The van der Waals surface area contributed by atoms with E-state index in [0.717, 1.165) is 19.5 Å². The lowest BCUT2D eigenvalue weighted by molar-refractivity contribution is 0.174. The molecule has 0 aromatic rings. The van der Waals surface area contributed by atoms with Gasteiger partial charge >= 0.3 is 0 Å². The van der Waals surface area contributed by atoms with Gasteiger partial charge in [0.15, 0.2) is 0 Å². The molecule has 0 bridgehead atoms. The van der Waals surface area contributed by atoms with Crippen molar-refractivity contribution in [1.82, 2.24) is 4.90 Å². The molecule has 0 spiro atoms. The van der Waals surface area contributed by atoms with Crippen molar-refractivity contribution >= 4 is 0 Å². The van der Waals surface area contributed by atoms with Gasteiger partial charge < -0.3 is 5.11 Å². The minimum absolute atomic E-state index is 0.0619. The van der Waals surface area contributed by atoms with Crippen LogP contribution in [0.5, 0.6) is 0 Å². The van der Waals surface area contributed by atoms with Crippen LogP contribution in [0.4, 0.5) is 0 Å². The summed E-state index contributed by atoms with van der Waals surface area (Å²) < 4.78 is 0. The van der Waals surface area contributed by atoms with Crippen LogP contribution in [0.25, 0.3) is 0 Å². The molecule has 0 radical (unpaired) electrons. The lowest BCUT2D eigenvalue weighted by Crippen LogP contribution is -2.30. The van der Waals surface area contributed by atoms with Gasteiger partial charge in [-0.25, -0.2) is 0 Å². The van der Waals surface area contributed by atoms with Crippen molar-refractivity contribution in [2.45, 2.75) is 51.7 Å². The topological polar surface area (TPSA) is 23.5 Å². The number of nitrogens with zero attached hydrogens (tertiary/aromatic N) is 1. The molecule has 0 aromatic carbocycles. The molecule has 1 saturated heterocycles. The van der Waals surface area contributed by atoms with Crippen LogP contribution in [-0.4, -0.2) is 35.2 Å². The summed E-state index contributed by atoms with van der Waals surface area (Å²) in [4.78, 5) is 2.44. The van der Waals surface area contributed by atoms with Crippen LogP contribution in [0.1, 0.15) is 39.5 Å². The molecule has 1 rings (SSSR count). The predicted molar refractivity (Wildman–Crippen MR) is 51.2 cm³/mol. The molecule has 0 aromatic heterocycles. The molecule has 1 aliphatic heterocycles. The summed E-state index contributed by atoms with van der Waals surface area (Å²) in [6, 6.07) is 0.657. The van der Waals surface area contributed by atoms with Crippen molar-refractivity contribution in [3.63, 3.8) is 0 Å². The molecule has 2 atom stereocenters. The Hall–Kier alpha value is -0.0800. The Balaban J connectivity index is 2.36. The maximum Gasteiger partial charge on any atom is 0.0682 e. The molecule has 0 unspecified atom stereocenters. The first kappa shape index (κ1) is 10.0. The Morgan fingerprint density at radius 1 is 1.33 bits per heavy atom. The Kier molecular flexibility index (Phi) is 4.02. The molecule has 0 saturated carbocycles. The van der Waals surface area contributed by atoms with Crippen LogP contribution < -0.4 is 0 Å². The fraction of sp³-hybridized carbons (Fsp3) is 1.00. The first-order valence-electron chi connectivity index (χ1n) is 5.20. The number of aliphatic hydroxyl groups is 1. The van der Waals surface area contributed by atoms with Crippen molar-refractivity contribution in [2.75, 3.05) is 13.1 Å². The van der Waals surface area contributed by atoms with Gasteiger partial charge in [-0.15, -0.1) is 0 Å². The molecule has 2 heteroatoms. The van der Waals surface area contributed by atoms with Crippen LogP contribution in [-0.2, 0) is 0 Å². The first-order chi connectivity index (χ1) is 5.77. The normalized spacial score (nSPS) is 31.2. The van der Waals surface area contributed by atoms with Gasteiger partial charge in [-0.1, -0.05) is 20.3 Å². The van der Waals surface area contributed by atoms with Gasteiger partial charge in [-0.2, -0.15) is 0 Å².